The lowest BCUT2D eigenvalue weighted by molar-refractivity contribution is 0.956. The second-order valence-corrected chi connectivity index (χ2v) is 6.21. The second kappa shape index (κ2) is 3.85. The van der Waals surface area contributed by atoms with Gasteiger partial charge in [0, 0.05) is 5.92 Å². The van der Waals surface area contributed by atoms with Crippen molar-refractivity contribution in [2.75, 3.05) is 0 Å². The van der Waals surface area contributed by atoms with Crippen molar-refractivity contribution in [2.24, 2.45) is 0 Å². The van der Waals surface area contributed by atoms with Gasteiger partial charge >= 0.3 is 0 Å². The molecule has 0 amide bonds. The van der Waals surface area contributed by atoms with Gasteiger partial charge in [-0.25, -0.2) is 0 Å². The standard InChI is InChI=1S/C21H16/c1-13-16-7-4-5-9-19(16)21-17(13)11-10-15-12-14-6-2-3-8-18(14)20(15)21/h2-11,13H,12H2,1H3. The Morgan fingerprint density at radius 1 is 0.667 bits per heavy atom. The van der Waals surface area contributed by atoms with Crippen molar-refractivity contribution in [3.63, 3.8) is 0 Å². The van der Waals surface area contributed by atoms with Crippen LogP contribution in [0, 0.1) is 0 Å². The molecule has 3 aromatic carbocycles. The van der Waals surface area contributed by atoms with Gasteiger partial charge in [0.2, 0.25) is 0 Å². The third kappa shape index (κ3) is 1.35. The van der Waals surface area contributed by atoms with Crippen LogP contribution in [0.25, 0.3) is 22.3 Å². The number of rotatable bonds is 0. The fraction of sp³-hybridized carbons (Fsp3) is 0.143. The fourth-order valence-electron chi connectivity index (χ4n) is 4.16. The van der Waals surface area contributed by atoms with Gasteiger partial charge in [0.15, 0.2) is 0 Å². The SMILES string of the molecule is CC1c2ccccc2-c2c1ccc1c2-c2ccccc2C1. The molecular weight excluding hydrogens is 252 g/mol. The van der Waals surface area contributed by atoms with E-state index in [1.54, 1.807) is 0 Å². The van der Waals surface area contributed by atoms with Crippen molar-refractivity contribution in [3.8, 4) is 22.3 Å². The average Bonchev–Trinajstić information content (AvgIpc) is 3.04. The Kier molecular flexibility index (Phi) is 2.08. The molecule has 0 nitrogen and oxygen atoms in total. The molecule has 1 unspecified atom stereocenters. The Balaban J connectivity index is 1.91. The number of hydrogen-bond donors (Lipinski definition) is 0. The minimum atomic E-state index is 0.509. The highest BCUT2D eigenvalue weighted by atomic mass is 14.3. The van der Waals surface area contributed by atoms with E-state index in [4.69, 9.17) is 0 Å². The lowest BCUT2D eigenvalue weighted by Crippen LogP contribution is -1.90. The van der Waals surface area contributed by atoms with Crippen molar-refractivity contribution in [3.05, 3.63) is 82.9 Å². The van der Waals surface area contributed by atoms with Crippen LogP contribution >= 0.6 is 0 Å². The predicted molar refractivity (Wildman–Crippen MR) is 87.6 cm³/mol. The van der Waals surface area contributed by atoms with Crippen LogP contribution in [-0.4, -0.2) is 0 Å². The number of fused-ring (bicyclic) bond motifs is 7. The van der Waals surface area contributed by atoms with Crippen LogP contribution in [-0.2, 0) is 6.42 Å². The number of benzene rings is 3. The lowest BCUT2D eigenvalue weighted by Gasteiger charge is -2.11. The van der Waals surface area contributed by atoms with Gasteiger partial charge in [0.25, 0.3) is 0 Å². The fourth-order valence-corrected chi connectivity index (χ4v) is 4.16. The summed E-state index contributed by atoms with van der Waals surface area (Å²) in [5.74, 6) is 0.509. The smallest absolute Gasteiger partial charge is 0.00735 e. The first kappa shape index (κ1) is 11.3. The van der Waals surface area contributed by atoms with Gasteiger partial charge in [0.05, 0.1) is 0 Å². The zero-order chi connectivity index (χ0) is 14.0. The Bertz CT molecular complexity index is 886. The third-order valence-electron chi connectivity index (χ3n) is 5.15. The van der Waals surface area contributed by atoms with E-state index in [0.717, 1.165) is 6.42 Å². The van der Waals surface area contributed by atoms with Gasteiger partial charge in [-0.3, -0.25) is 0 Å². The predicted octanol–water partition coefficient (Wildman–Crippen LogP) is 5.39. The highest BCUT2D eigenvalue weighted by Crippen LogP contribution is 2.52. The molecule has 0 saturated carbocycles. The lowest BCUT2D eigenvalue weighted by atomic mass is 9.93. The summed E-state index contributed by atoms with van der Waals surface area (Å²) < 4.78 is 0. The normalized spacial score (nSPS) is 17.1. The van der Waals surface area contributed by atoms with E-state index in [9.17, 15) is 0 Å². The monoisotopic (exact) mass is 268 g/mol. The topological polar surface area (TPSA) is 0 Å². The molecule has 2 aliphatic carbocycles. The molecule has 100 valence electrons. The molecule has 0 aromatic heterocycles. The molecule has 0 heteroatoms. The van der Waals surface area contributed by atoms with Crippen molar-refractivity contribution < 1.29 is 0 Å². The Labute approximate surface area is 125 Å². The van der Waals surface area contributed by atoms with Gasteiger partial charge in [-0.1, -0.05) is 67.6 Å². The second-order valence-electron chi connectivity index (χ2n) is 6.21. The summed E-state index contributed by atoms with van der Waals surface area (Å²) in [6.45, 7) is 2.33. The van der Waals surface area contributed by atoms with E-state index >= 15 is 0 Å². The van der Waals surface area contributed by atoms with Crippen LogP contribution in [0.5, 0.6) is 0 Å². The average molecular weight is 268 g/mol. The van der Waals surface area contributed by atoms with Crippen LogP contribution in [0.4, 0.5) is 0 Å². The van der Waals surface area contributed by atoms with Crippen LogP contribution in [0.1, 0.15) is 35.1 Å². The maximum absolute atomic E-state index is 2.35. The Hall–Kier alpha value is -2.34. The highest BCUT2D eigenvalue weighted by molar-refractivity contribution is 5.95. The highest BCUT2D eigenvalue weighted by Gasteiger charge is 2.31. The van der Waals surface area contributed by atoms with Gasteiger partial charge in [0.1, 0.15) is 0 Å². The maximum Gasteiger partial charge on any atom is 0.00735 e. The molecule has 21 heavy (non-hydrogen) atoms. The molecule has 0 aliphatic heterocycles. The molecule has 0 radical (unpaired) electrons. The van der Waals surface area contributed by atoms with E-state index in [2.05, 4.69) is 67.6 Å². The molecule has 1 atom stereocenters. The number of hydrogen-bond acceptors (Lipinski definition) is 0. The summed E-state index contributed by atoms with van der Waals surface area (Å²) >= 11 is 0. The van der Waals surface area contributed by atoms with Crippen molar-refractivity contribution in [1.82, 2.24) is 0 Å². The van der Waals surface area contributed by atoms with Gasteiger partial charge in [-0.2, -0.15) is 0 Å². The zero-order valence-corrected chi connectivity index (χ0v) is 12.1. The van der Waals surface area contributed by atoms with E-state index in [0.29, 0.717) is 5.92 Å². The largest absolute Gasteiger partial charge is 0.0619 e. The summed E-state index contributed by atoms with van der Waals surface area (Å²) in [5.41, 5.74) is 11.8. The molecule has 3 aromatic rings. The van der Waals surface area contributed by atoms with Crippen LogP contribution in [0.3, 0.4) is 0 Å². The van der Waals surface area contributed by atoms with Gasteiger partial charge in [-0.05, 0) is 50.9 Å². The van der Waals surface area contributed by atoms with Crippen molar-refractivity contribution >= 4 is 0 Å². The van der Waals surface area contributed by atoms with Crippen molar-refractivity contribution in [1.29, 1.82) is 0 Å². The van der Waals surface area contributed by atoms with Gasteiger partial charge < -0.3 is 0 Å². The summed E-state index contributed by atoms with van der Waals surface area (Å²) in [5, 5.41) is 0. The third-order valence-corrected chi connectivity index (χ3v) is 5.15. The Morgan fingerprint density at radius 3 is 2.33 bits per heavy atom. The Morgan fingerprint density at radius 2 is 1.43 bits per heavy atom. The maximum atomic E-state index is 2.35. The van der Waals surface area contributed by atoms with Gasteiger partial charge in [-0.15, -0.1) is 0 Å². The molecule has 0 heterocycles. The van der Waals surface area contributed by atoms with E-state index < -0.39 is 0 Å². The zero-order valence-electron chi connectivity index (χ0n) is 12.1. The molecular formula is C21H16. The van der Waals surface area contributed by atoms with E-state index in [1.165, 1.54) is 44.5 Å². The van der Waals surface area contributed by atoms with Crippen LogP contribution in [0.15, 0.2) is 60.7 Å². The minimum absolute atomic E-state index is 0.509. The molecule has 5 rings (SSSR count). The summed E-state index contributed by atoms with van der Waals surface area (Å²) in [4.78, 5) is 0. The summed E-state index contributed by atoms with van der Waals surface area (Å²) in [6.07, 6.45) is 1.08. The first-order chi connectivity index (χ1) is 10.3. The van der Waals surface area contributed by atoms with Crippen LogP contribution in [0.2, 0.25) is 0 Å². The van der Waals surface area contributed by atoms with E-state index in [1.807, 2.05) is 0 Å². The molecule has 2 aliphatic rings. The molecule has 0 fully saturated rings. The quantitative estimate of drug-likeness (QED) is 0.401. The van der Waals surface area contributed by atoms with E-state index in [-0.39, 0.29) is 0 Å². The summed E-state index contributed by atoms with van der Waals surface area (Å²) in [6, 6.07) is 22.5. The first-order valence-electron chi connectivity index (χ1n) is 7.68. The van der Waals surface area contributed by atoms with Crippen molar-refractivity contribution in [2.45, 2.75) is 19.3 Å². The molecule has 0 N–H and O–H groups in total. The molecule has 0 bridgehead atoms. The van der Waals surface area contributed by atoms with Crippen LogP contribution < -0.4 is 0 Å². The first-order valence-corrected chi connectivity index (χ1v) is 7.68. The molecule has 0 spiro atoms. The minimum Gasteiger partial charge on any atom is -0.0619 e. The summed E-state index contributed by atoms with van der Waals surface area (Å²) in [7, 11) is 0. The molecule has 0 saturated heterocycles.